The van der Waals surface area contributed by atoms with Crippen molar-refractivity contribution >= 4 is 17.6 Å². The van der Waals surface area contributed by atoms with E-state index in [1.165, 1.54) is 31.9 Å². The number of hydrogen-bond acceptors (Lipinski definition) is 7. The average Bonchev–Trinajstić information content (AvgIpc) is 3.25. The van der Waals surface area contributed by atoms with Crippen molar-refractivity contribution in [3.05, 3.63) is 54.5 Å². The van der Waals surface area contributed by atoms with E-state index in [1.807, 2.05) is 6.92 Å². The lowest BCUT2D eigenvalue weighted by Gasteiger charge is -2.25. The van der Waals surface area contributed by atoms with Gasteiger partial charge in [0.15, 0.2) is 5.69 Å². The summed E-state index contributed by atoms with van der Waals surface area (Å²) in [5.41, 5.74) is -0.0305. The molecule has 0 saturated heterocycles. The topological polar surface area (TPSA) is 104 Å². The zero-order valence-corrected chi connectivity index (χ0v) is 20.6. The second-order valence-corrected chi connectivity index (χ2v) is 8.62. The summed E-state index contributed by atoms with van der Waals surface area (Å²) in [5.74, 6) is -0.0212. The second kappa shape index (κ2) is 11.4. The summed E-state index contributed by atoms with van der Waals surface area (Å²) in [6, 6.07) is 3.34. The fraction of sp³-hybridized carbons (Fsp3) is 0.417. The van der Waals surface area contributed by atoms with Gasteiger partial charge in [-0.05, 0) is 32.4 Å². The number of alkyl halides is 1. The Bertz CT molecular complexity index is 1050. The van der Waals surface area contributed by atoms with Gasteiger partial charge in [0.2, 0.25) is 11.8 Å². The van der Waals surface area contributed by atoms with Crippen LogP contribution in [0.15, 0.2) is 53.2 Å². The number of rotatable bonds is 11. The third-order valence-electron chi connectivity index (χ3n) is 4.53. The molecule has 2 rings (SSSR count). The molecule has 0 aliphatic heterocycles. The largest absolute Gasteiger partial charge is 0.444 e. The number of nitrogens with zero attached hydrogens (tertiary/aromatic N) is 4. The molecule has 2 aromatic heterocycles. The number of carbonyl (C=O) groups excluding carboxylic acids is 2. The van der Waals surface area contributed by atoms with E-state index in [-0.39, 0.29) is 24.0 Å². The number of nitrogens with one attached hydrogen (secondary N) is 2. The van der Waals surface area contributed by atoms with E-state index in [2.05, 4.69) is 27.2 Å². The molecule has 0 atom stereocenters. The lowest BCUT2D eigenvalue weighted by Crippen LogP contribution is -2.35. The Morgan fingerprint density at radius 1 is 1.32 bits per heavy atom. The Morgan fingerprint density at radius 3 is 2.62 bits per heavy atom. The zero-order chi connectivity index (χ0) is 25.5. The lowest BCUT2D eigenvalue weighted by molar-refractivity contribution is -0.126. The molecule has 184 valence electrons. The molecule has 2 N–H and O–H groups in total. The van der Waals surface area contributed by atoms with Gasteiger partial charge >= 0.3 is 0 Å². The SMILES string of the molecule is C=C(/C(=C\N(C)C)NC(=O)c1coc(-c2ccnc(NCC(C)(C)F)c2)n1)N(CCC)C(C)=O. The van der Waals surface area contributed by atoms with E-state index in [0.717, 1.165) is 6.42 Å². The second-order valence-electron chi connectivity index (χ2n) is 8.62. The number of anilines is 1. The van der Waals surface area contributed by atoms with Gasteiger partial charge in [0.1, 0.15) is 17.7 Å². The van der Waals surface area contributed by atoms with Crippen LogP contribution in [0.5, 0.6) is 0 Å². The molecule has 2 amide bonds. The minimum atomic E-state index is -1.40. The molecular weight excluding hydrogens is 439 g/mol. The van der Waals surface area contributed by atoms with Gasteiger partial charge in [-0.15, -0.1) is 0 Å². The summed E-state index contributed by atoms with van der Waals surface area (Å²) in [6.07, 6.45) is 5.19. The van der Waals surface area contributed by atoms with Crippen molar-refractivity contribution in [1.82, 2.24) is 25.1 Å². The highest BCUT2D eigenvalue weighted by molar-refractivity contribution is 5.94. The summed E-state index contributed by atoms with van der Waals surface area (Å²) in [7, 11) is 3.59. The van der Waals surface area contributed by atoms with Gasteiger partial charge in [0.05, 0.1) is 11.4 Å². The molecule has 0 bridgehead atoms. The van der Waals surface area contributed by atoms with Crippen LogP contribution >= 0.6 is 0 Å². The van der Waals surface area contributed by atoms with Crippen molar-refractivity contribution in [2.24, 2.45) is 0 Å². The molecule has 0 spiro atoms. The summed E-state index contributed by atoms with van der Waals surface area (Å²) in [6.45, 7) is 10.9. The Hall–Kier alpha value is -3.69. The Morgan fingerprint density at radius 2 is 2.03 bits per heavy atom. The molecule has 0 aliphatic carbocycles. The van der Waals surface area contributed by atoms with Crippen LogP contribution in [-0.2, 0) is 4.79 Å². The van der Waals surface area contributed by atoms with Crippen molar-refractivity contribution in [2.75, 3.05) is 32.5 Å². The number of oxazole rings is 1. The molecule has 9 nitrogen and oxygen atoms in total. The number of carbonyl (C=O) groups is 2. The predicted molar refractivity (Wildman–Crippen MR) is 129 cm³/mol. The first kappa shape index (κ1) is 26.6. The van der Waals surface area contributed by atoms with Gasteiger partial charge in [0.25, 0.3) is 5.91 Å². The highest BCUT2D eigenvalue weighted by Crippen LogP contribution is 2.22. The van der Waals surface area contributed by atoms with Crippen LogP contribution < -0.4 is 10.6 Å². The number of aromatic nitrogens is 2. The Labute approximate surface area is 199 Å². The monoisotopic (exact) mass is 472 g/mol. The van der Waals surface area contributed by atoms with Crippen LogP contribution in [-0.4, -0.2) is 64.4 Å². The van der Waals surface area contributed by atoms with Crippen molar-refractivity contribution in [3.8, 4) is 11.5 Å². The van der Waals surface area contributed by atoms with Crippen LogP contribution in [0, 0.1) is 0 Å². The molecule has 0 fully saturated rings. The first-order chi connectivity index (χ1) is 15.9. The van der Waals surface area contributed by atoms with E-state index in [0.29, 0.717) is 29.3 Å². The van der Waals surface area contributed by atoms with E-state index < -0.39 is 11.6 Å². The molecule has 34 heavy (non-hydrogen) atoms. The van der Waals surface area contributed by atoms with E-state index in [9.17, 15) is 14.0 Å². The zero-order valence-electron chi connectivity index (χ0n) is 20.6. The number of pyridine rings is 1. The summed E-state index contributed by atoms with van der Waals surface area (Å²) in [4.78, 5) is 36.7. The summed E-state index contributed by atoms with van der Waals surface area (Å²) < 4.78 is 19.3. The smallest absolute Gasteiger partial charge is 0.277 e. The van der Waals surface area contributed by atoms with Gasteiger partial charge in [-0.25, -0.2) is 14.4 Å². The number of amides is 2. The third-order valence-corrected chi connectivity index (χ3v) is 4.53. The van der Waals surface area contributed by atoms with Crippen LogP contribution in [0.3, 0.4) is 0 Å². The van der Waals surface area contributed by atoms with Crippen molar-refractivity contribution < 1.29 is 18.4 Å². The maximum atomic E-state index is 13.8. The number of hydrogen-bond donors (Lipinski definition) is 2. The molecule has 0 radical (unpaired) electrons. The first-order valence-electron chi connectivity index (χ1n) is 10.9. The summed E-state index contributed by atoms with van der Waals surface area (Å²) >= 11 is 0. The van der Waals surface area contributed by atoms with E-state index in [4.69, 9.17) is 4.42 Å². The quantitative estimate of drug-likeness (QED) is 0.480. The van der Waals surface area contributed by atoms with Crippen molar-refractivity contribution in [2.45, 2.75) is 39.8 Å². The Kier molecular flexibility index (Phi) is 8.94. The molecule has 0 saturated carbocycles. The molecule has 10 heteroatoms. The highest BCUT2D eigenvalue weighted by Gasteiger charge is 2.21. The van der Waals surface area contributed by atoms with Gasteiger partial charge in [0, 0.05) is 52.1 Å². The minimum Gasteiger partial charge on any atom is -0.444 e. The fourth-order valence-corrected chi connectivity index (χ4v) is 2.95. The highest BCUT2D eigenvalue weighted by atomic mass is 19.1. The maximum absolute atomic E-state index is 13.8. The van der Waals surface area contributed by atoms with E-state index in [1.54, 1.807) is 43.5 Å². The van der Waals surface area contributed by atoms with Crippen LogP contribution in [0.1, 0.15) is 44.6 Å². The molecule has 0 aromatic carbocycles. The van der Waals surface area contributed by atoms with Crippen molar-refractivity contribution in [1.29, 1.82) is 0 Å². The average molecular weight is 473 g/mol. The Balaban J connectivity index is 2.21. The minimum absolute atomic E-state index is 0.0496. The number of halogens is 1. The maximum Gasteiger partial charge on any atom is 0.277 e. The summed E-state index contributed by atoms with van der Waals surface area (Å²) in [5, 5.41) is 5.69. The van der Waals surface area contributed by atoms with Crippen molar-refractivity contribution in [3.63, 3.8) is 0 Å². The van der Waals surface area contributed by atoms with Gasteiger partial charge in [-0.2, -0.15) is 0 Å². The third kappa shape index (κ3) is 7.72. The normalized spacial score (nSPS) is 11.7. The standard InChI is InChI=1S/C24H33FN6O3/c1-8-11-31(17(3)32)16(2)19(13-30(6)7)28-22(33)20-14-34-23(29-20)18-9-10-26-21(12-18)27-15-24(4,5)25/h9-10,12-14H,2,8,11,15H2,1,3-7H3,(H,26,27)(H,28,33)/b19-13+. The molecule has 2 aromatic rings. The van der Waals surface area contributed by atoms with E-state index >= 15 is 0 Å². The molecule has 2 heterocycles. The van der Waals surface area contributed by atoms with Crippen LogP contribution in [0.25, 0.3) is 11.5 Å². The fourth-order valence-electron chi connectivity index (χ4n) is 2.95. The first-order valence-corrected chi connectivity index (χ1v) is 10.9. The van der Waals surface area contributed by atoms with Crippen LogP contribution in [0.4, 0.5) is 10.2 Å². The predicted octanol–water partition coefficient (Wildman–Crippen LogP) is 3.80. The molecule has 0 aliphatic rings. The van der Waals surface area contributed by atoms with Gasteiger partial charge in [-0.3, -0.25) is 9.59 Å². The van der Waals surface area contributed by atoms with Crippen LogP contribution in [0.2, 0.25) is 0 Å². The van der Waals surface area contributed by atoms with Gasteiger partial charge < -0.3 is 24.9 Å². The molecule has 0 unspecified atom stereocenters. The lowest BCUT2D eigenvalue weighted by atomic mass is 10.2. The molecular formula is C24H33FN6O3. The van der Waals surface area contributed by atoms with Gasteiger partial charge in [-0.1, -0.05) is 13.5 Å².